The lowest BCUT2D eigenvalue weighted by Gasteiger charge is -2.22. The molecule has 0 aliphatic carbocycles. The Balaban J connectivity index is 1.72. The van der Waals surface area contributed by atoms with Crippen molar-refractivity contribution < 1.29 is 9.47 Å². The fourth-order valence-corrected chi connectivity index (χ4v) is 3.83. The smallest absolute Gasteiger partial charge is 0.118 e. The van der Waals surface area contributed by atoms with Gasteiger partial charge in [-0.15, -0.1) is 0 Å². The van der Waals surface area contributed by atoms with Gasteiger partial charge >= 0.3 is 0 Å². The minimum Gasteiger partial charge on any atom is -0.497 e. The SMILES string of the molecule is C=C(c1cncn1Cc1ccccc1)C(c1ccc(OC)cc1)c1ccc(OC)cc1. The summed E-state index contributed by atoms with van der Waals surface area (Å²) in [5.74, 6) is 1.64. The summed E-state index contributed by atoms with van der Waals surface area (Å²) in [6, 6.07) is 26.7. The lowest BCUT2D eigenvalue weighted by molar-refractivity contribution is 0.414. The fourth-order valence-electron chi connectivity index (χ4n) is 3.83. The van der Waals surface area contributed by atoms with Crippen LogP contribution in [0.15, 0.2) is 98.0 Å². The van der Waals surface area contributed by atoms with Crippen molar-refractivity contribution in [3.05, 3.63) is 120 Å². The first kappa shape index (κ1) is 20.5. The van der Waals surface area contributed by atoms with Crippen LogP contribution in [0.25, 0.3) is 5.57 Å². The molecule has 4 nitrogen and oxygen atoms in total. The van der Waals surface area contributed by atoms with Gasteiger partial charge in [0.05, 0.1) is 32.4 Å². The molecule has 0 amide bonds. The maximum absolute atomic E-state index is 5.35. The maximum atomic E-state index is 5.35. The van der Waals surface area contributed by atoms with E-state index >= 15 is 0 Å². The van der Waals surface area contributed by atoms with Crippen LogP contribution in [-0.2, 0) is 6.54 Å². The Hall–Kier alpha value is -3.79. The van der Waals surface area contributed by atoms with Crippen molar-refractivity contribution in [2.75, 3.05) is 14.2 Å². The van der Waals surface area contributed by atoms with Crippen molar-refractivity contribution in [1.82, 2.24) is 9.55 Å². The number of allylic oxidation sites excluding steroid dienone is 1. The van der Waals surface area contributed by atoms with Gasteiger partial charge in [0.1, 0.15) is 11.5 Å². The predicted octanol–water partition coefficient (Wildman–Crippen LogP) is 5.79. The summed E-state index contributed by atoms with van der Waals surface area (Å²) >= 11 is 0. The number of methoxy groups -OCH3 is 2. The zero-order valence-corrected chi connectivity index (χ0v) is 17.9. The second-order valence-corrected chi connectivity index (χ2v) is 7.40. The molecule has 0 saturated heterocycles. The van der Waals surface area contributed by atoms with Crippen molar-refractivity contribution in [2.45, 2.75) is 12.5 Å². The molecule has 31 heavy (non-hydrogen) atoms. The summed E-state index contributed by atoms with van der Waals surface area (Å²) in [5.41, 5.74) is 5.51. The molecule has 0 bridgehead atoms. The number of benzene rings is 3. The lowest BCUT2D eigenvalue weighted by atomic mass is 9.84. The van der Waals surface area contributed by atoms with Gasteiger partial charge < -0.3 is 14.0 Å². The Labute approximate surface area is 183 Å². The third-order valence-corrected chi connectivity index (χ3v) is 5.48. The molecule has 4 heteroatoms. The van der Waals surface area contributed by atoms with E-state index in [1.807, 2.05) is 42.9 Å². The first-order chi connectivity index (χ1) is 15.2. The third kappa shape index (κ3) is 4.53. The Morgan fingerprint density at radius 3 is 1.90 bits per heavy atom. The van der Waals surface area contributed by atoms with E-state index in [1.54, 1.807) is 14.2 Å². The van der Waals surface area contributed by atoms with Crippen molar-refractivity contribution in [2.24, 2.45) is 0 Å². The molecule has 0 aliphatic heterocycles. The number of imidazole rings is 1. The van der Waals surface area contributed by atoms with Crippen LogP contribution in [0.1, 0.15) is 28.3 Å². The number of rotatable bonds is 8. The van der Waals surface area contributed by atoms with Gasteiger partial charge in [0, 0.05) is 12.5 Å². The van der Waals surface area contributed by atoms with Crippen molar-refractivity contribution >= 4 is 5.57 Å². The number of ether oxygens (including phenoxy) is 2. The maximum Gasteiger partial charge on any atom is 0.118 e. The number of hydrogen-bond acceptors (Lipinski definition) is 3. The standard InChI is InChI=1S/C27H26N2O2/c1-20(26-17-28-19-29(26)18-21-7-5-4-6-8-21)27(22-9-13-24(30-2)14-10-22)23-11-15-25(31-3)16-12-23/h4-17,19,27H,1,18H2,2-3H3. The van der Waals surface area contributed by atoms with Gasteiger partial charge in [-0.05, 0) is 46.5 Å². The molecule has 0 aliphatic rings. The first-order valence-electron chi connectivity index (χ1n) is 10.2. The van der Waals surface area contributed by atoms with E-state index in [9.17, 15) is 0 Å². The third-order valence-electron chi connectivity index (χ3n) is 5.48. The molecule has 4 rings (SSSR count). The van der Waals surface area contributed by atoms with Crippen LogP contribution in [0, 0.1) is 0 Å². The van der Waals surface area contributed by atoms with Crippen molar-refractivity contribution in [3.63, 3.8) is 0 Å². The minimum absolute atomic E-state index is 0.0250. The number of hydrogen-bond donors (Lipinski definition) is 0. The first-order valence-corrected chi connectivity index (χ1v) is 10.2. The summed E-state index contributed by atoms with van der Waals surface area (Å²) in [6.45, 7) is 5.26. The average molecular weight is 411 g/mol. The Morgan fingerprint density at radius 1 is 0.839 bits per heavy atom. The molecule has 3 aromatic carbocycles. The van der Waals surface area contributed by atoms with E-state index in [4.69, 9.17) is 9.47 Å². The van der Waals surface area contributed by atoms with Crippen LogP contribution < -0.4 is 9.47 Å². The van der Waals surface area contributed by atoms with E-state index in [0.29, 0.717) is 0 Å². The molecule has 0 fully saturated rings. The second-order valence-electron chi connectivity index (χ2n) is 7.40. The molecular formula is C27H26N2O2. The van der Waals surface area contributed by atoms with Crippen LogP contribution >= 0.6 is 0 Å². The normalized spacial score (nSPS) is 10.8. The topological polar surface area (TPSA) is 36.3 Å². The van der Waals surface area contributed by atoms with Gasteiger partial charge in [-0.25, -0.2) is 4.98 Å². The van der Waals surface area contributed by atoms with E-state index in [0.717, 1.165) is 40.4 Å². The van der Waals surface area contributed by atoms with Crippen LogP contribution in [0.2, 0.25) is 0 Å². The highest BCUT2D eigenvalue weighted by Crippen LogP contribution is 2.38. The molecule has 0 N–H and O–H groups in total. The summed E-state index contributed by atoms with van der Waals surface area (Å²) < 4.78 is 12.9. The molecule has 0 radical (unpaired) electrons. The molecule has 1 aromatic heterocycles. The van der Waals surface area contributed by atoms with Crippen molar-refractivity contribution in [3.8, 4) is 11.5 Å². The van der Waals surface area contributed by atoms with Gasteiger partial charge in [-0.3, -0.25) is 0 Å². The van der Waals surface area contributed by atoms with Crippen molar-refractivity contribution in [1.29, 1.82) is 0 Å². The highest BCUT2D eigenvalue weighted by Gasteiger charge is 2.22. The summed E-state index contributed by atoms with van der Waals surface area (Å²) in [6.07, 6.45) is 3.76. The van der Waals surface area contributed by atoms with E-state index in [-0.39, 0.29) is 5.92 Å². The highest BCUT2D eigenvalue weighted by molar-refractivity contribution is 5.71. The largest absolute Gasteiger partial charge is 0.497 e. The van der Waals surface area contributed by atoms with Crippen LogP contribution in [0.3, 0.4) is 0 Å². The molecule has 156 valence electrons. The highest BCUT2D eigenvalue weighted by atomic mass is 16.5. The summed E-state index contributed by atoms with van der Waals surface area (Å²) in [5, 5.41) is 0. The van der Waals surface area contributed by atoms with Gasteiger partial charge in [0.25, 0.3) is 0 Å². The van der Waals surface area contributed by atoms with Gasteiger partial charge in [0.15, 0.2) is 0 Å². The average Bonchev–Trinajstić information content (AvgIpc) is 3.29. The molecule has 0 atom stereocenters. The lowest BCUT2D eigenvalue weighted by Crippen LogP contribution is -2.09. The molecular weight excluding hydrogens is 384 g/mol. The molecule has 0 unspecified atom stereocenters. The Kier molecular flexibility index (Phi) is 6.18. The second kappa shape index (κ2) is 9.35. The summed E-state index contributed by atoms with van der Waals surface area (Å²) in [4.78, 5) is 4.43. The van der Waals surface area contributed by atoms with E-state index in [2.05, 4.69) is 64.7 Å². The molecule has 1 heterocycles. The van der Waals surface area contributed by atoms with Gasteiger partial charge in [-0.2, -0.15) is 0 Å². The zero-order valence-electron chi connectivity index (χ0n) is 17.9. The fraction of sp³-hybridized carbons (Fsp3) is 0.148. The van der Waals surface area contributed by atoms with E-state index < -0.39 is 0 Å². The minimum atomic E-state index is -0.0250. The zero-order chi connectivity index (χ0) is 21.6. The van der Waals surface area contributed by atoms with Gasteiger partial charge in [0.2, 0.25) is 0 Å². The molecule has 4 aromatic rings. The number of nitrogens with zero attached hydrogens (tertiary/aromatic N) is 2. The Morgan fingerprint density at radius 2 is 1.39 bits per heavy atom. The quantitative estimate of drug-likeness (QED) is 0.369. The molecule has 0 saturated carbocycles. The van der Waals surface area contributed by atoms with Crippen LogP contribution in [0.4, 0.5) is 0 Å². The monoisotopic (exact) mass is 410 g/mol. The summed E-state index contributed by atoms with van der Waals surface area (Å²) in [7, 11) is 3.36. The number of aromatic nitrogens is 2. The van der Waals surface area contributed by atoms with Crippen LogP contribution in [0.5, 0.6) is 11.5 Å². The van der Waals surface area contributed by atoms with Gasteiger partial charge in [-0.1, -0.05) is 61.2 Å². The predicted molar refractivity (Wildman–Crippen MR) is 125 cm³/mol. The van der Waals surface area contributed by atoms with E-state index in [1.165, 1.54) is 5.56 Å². The Bertz CT molecular complexity index is 1080. The van der Waals surface area contributed by atoms with Crippen LogP contribution in [-0.4, -0.2) is 23.8 Å². The molecule has 0 spiro atoms.